The lowest BCUT2D eigenvalue weighted by molar-refractivity contribution is 0.414. The van der Waals surface area contributed by atoms with E-state index in [9.17, 15) is 0 Å². The van der Waals surface area contributed by atoms with Gasteiger partial charge < -0.3 is 10.1 Å². The first-order valence-corrected chi connectivity index (χ1v) is 6.34. The van der Waals surface area contributed by atoms with E-state index >= 15 is 0 Å². The van der Waals surface area contributed by atoms with Gasteiger partial charge in [-0.3, -0.25) is 0 Å². The highest BCUT2D eigenvalue weighted by Crippen LogP contribution is 2.25. The van der Waals surface area contributed by atoms with Crippen LogP contribution < -0.4 is 10.1 Å². The summed E-state index contributed by atoms with van der Waals surface area (Å²) >= 11 is 1.94. The number of rotatable bonds is 4. The van der Waals surface area contributed by atoms with Crippen molar-refractivity contribution in [3.63, 3.8) is 0 Å². The first-order valence-electron chi connectivity index (χ1n) is 5.36. The number of benzene rings is 1. The topological polar surface area (TPSA) is 21.3 Å². The first-order chi connectivity index (χ1) is 7.38. The van der Waals surface area contributed by atoms with E-state index in [0.29, 0.717) is 0 Å². The average Bonchev–Trinajstić information content (AvgIpc) is 2.80. The standard InChI is InChI=1S/C12H17NOS/c1-14-11-2-4-12(5-3-11)15-9-10-6-7-13-8-10/h2-5,10,13H,6-9H2,1H3. The molecule has 0 bridgehead atoms. The van der Waals surface area contributed by atoms with E-state index < -0.39 is 0 Å². The second-order valence-electron chi connectivity index (χ2n) is 3.85. The predicted octanol–water partition coefficient (Wildman–Crippen LogP) is 2.40. The van der Waals surface area contributed by atoms with Crippen LogP contribution in [-0.2, 0) is 0 Å². The summed E-state index contributed by atoms with van der Waals surface area (Å²) in [5.74, 6) is 3.00. The molecule has 1 aromatic rings. The molecular weight excluding hydrogens is 206 g/mol. The summed E-state index contributed by atoms with van der Waals surface area (Å²) in [6.07, 6.45) is 1.32. The minimum Gasteiger partial charge on any atom is -0.497 e. The van der Waals surface area contributed by atoms with Crippen LogP contribution in [0.1, 0.15) is 6.42 Å². The Morgan fingerprint density at radius 2 is 2.20 bits per heavy atom. The van der Waals surface area contributed by atoms with Crippen LogP contribution in [0.15, 0.2) is 29.2 Å². The second-order valence-corrected chi connectivity index (χ2v) is 4.94. The van der Waals surface area contributed by atoms with E-state index in [1.165, 1.54) is 30.2 Å². The summed E-state index contributed by atoms with van der Waals surface area (Å²) in [6.45, 7) is 2.37. The molecule has 0 spiro atoms. The van der Waals surface area contributed by atoms with Gasteiger partial charge in [0, 0.05) is 10.6 Å². The summed E-state index contributed by atoms with van der Waals surface area (Å²) in [6, 6.07) is 8.31. The van der Waals surface area contributed by atoms with Crippen molar-refractivity contribution >= 4 is 11.8 Å². The minimum absolute atomic E-state index is 0.845. The number of thioether (sulfide) groups is 1. The van der Waals surface area contributed by atoms with Crippen molar-refractivity contribution in [3.05, 3.63) is 24.3 Å². The maximum atomic E-state index is 5.13. The Balaban J connectivity index is 1.82. The Hall–Kier alpha value is -0.670. The summed E-state index contributed by atoms with van der Waals surface area (Å²) < 4.78 is 5.13. The number of hydrogen-bond acceptors (Lipinski definition) is 3. The van der Waals surface area contributed by atoms with Gasteiger partial charge in [0.2, 0.25) is 0 Å². The van der Waals surface area contributed by atoms with E-state index in [0.717, 1.165) is 11.7 Å². The largest absolute Gasteiger partial charge is 0.497 e. The maximum absolute atomic E-state index is 5.13. The molecule has 1 aromatic carbocycles. The van der Waals surface area contributed by atoms with E-state index in [-0.39, 0.29) is 0 Å². The van der Waals surface area contributed by atoms with Crippen molar-refractivity contribution in [1.29, 1.82) is 0 Å². The van der Waals surface area contributed by atoms with Gasteiger partial charge >= 0.3 is 0 Å². The normalized spacial score (nSPS) is 20.5. The number of methoxy groups -OCH3 is 1. The lowest BCUT2D eigenvalue weighted by Crippen LogP contribution is -2.10. The third-order valence-corrected chi connectivity index (χ3v) is 3.95. The fourth-order valence-corrected chi connectivity index (χ4v) is 2.78. The van der Waals surface area contributed by atoms with Crippen molar-refractivity contribution in [1.82, 2.24) is 5.32 Å². The van der Waals surface area contributed by atoms with Crippen LogP contribution in [-0.4, -0.2) is 26.0 Å². The molecule has 1 heterocycles. The monoisotopic (exact) mass is 223 g/mol. The molecule has 0 amide bonds. The smallest absolute Gasteiger partial charge is 0.118 e. The molecule has 1 fully saturated rings. The maximum Gasteiger partial charge on any atom is 0.118 e. The Bertz CT molecular complexity index is 293. The van der Waals surface area contributed by atoms with E-state index in [1.54, 1.807) is 7.11 Å². The van der Waals surface area contributed by atoms with Crippen molar-refractivity contribution < 1.29 is 4.74 Å². The zero-order chi connectivity index (χ0) is 10.5. The molecule has 1 N–H and O–H groups in total. The SMILES string of the molecule is COc1ccc(SCC2CCNC2)cc1. The molecule has 15 heavy (non-hydrogen) atoms. The predicted molar refractivity (Wildman–Crippen MR) is 64.7 cm³/mol. The third kappa shape index (κ3) is 3.14. The van der Waals surface area contributed by atoms with E-state index in [1.807, 2.05) is 23.9 Å². The summed E-state index contributed by atoms with van der Waals surface area (Å²) in [7, 11) is 1.70. The summed E-state index contributed by atoms with van der Waals surface area (Å²) in [5, 5.41) is 3.39. The van der Waals surface area contributed by atoms with Gasteiger partial charge in [-0.2, -0.15) is 0 Å². The molecule has 1 aliphatic rings. The molecule has 82 valence electrons. The van der Waals surface area contributed by atoms with Gasteiger partial charge in [0.25, 0.3) is 0 Å². The van der Waals surface area contributed by atoms with Gasteiger partial charge in [0.15, 0.2) is 0 Å². The van der Waals surface area contributed by atoms with Gasteiger partial charge in [0.05, 0.1) is 7.11 Å². The minimum atomic E-state index is 0.845. The molecule has 0 radical (unpaired) electrons. The van der Waals surface area contributed by atoms with Crippen LogP contribution in [0.4, 0.5) is 0 Å². The zero-order valence-corrected chi connectivity index (χ0v) is 9.85. The highest BCUT2D eigenvalue weighted by Gasteiger charge is 2.14. The molecule has 1 aliphatic heterocycles. The highest BCUT2D eigenvalue weighted by atomic mass is 32.2. The van der Waals surface area contributed by atoms with Gasteiger partial charge in [-0.15, -0.1) is 11.8 Å². The van der Waals surface area contributed by atoms with Gasteiger partial charge in [-0.05, 0) is 49.7 Å². The number of ether oxygens (including phenoxy) is 1. The van der Waals surface area contributed by atoms with Crippen molar-refractivity contribution in [2.75, 3.05) is 26.0 Å². The molecule has 2 rings (SSSR count). The molecule has 0 aliphatic carbocycles. The summed E-state index contributed by atoms with van der Waals surface area (Å²) in [4.78, 5) is 1.34. The average molecular weight is 223 g/mol. The lowest BCUT2D eigenvalue weighted by Gasteiger charge is -2.07. The molecular formula is C12H17NOS. The number of nitrogens with one attached hydrogen (secondary N) is 1. The molecule has 3 heteroatoms. The van der Waals surface area contributed by atoms with Crippen LogP contribution in [0.2, 0.25) is 0 Å². The van der Waals surface area contributed by atoms with E-state index in [4.69, 9.17) is 4.74 Å². The fourth-order valence-electron chi connectivity index (χ4n) is 1.74. The molecule has 0 saturated carbocycles. The highest BCUT2D eigenvalue weighted by molar-refractivity contribution is 7.99. The first kappa shape index (κ1) is 10.8. The molecule has 1 atom stereocenters. The van der Waals surface area contributed by atoms with Crippen molar-refractivity contribution in [2.24, 2.45) is 5.92 Å². The van der Waals surface area contributed by atoms with Gasteiger partial charge in [0.1, 0.15) is 5.75 Å². The Labute approximate surface area is 95.4 Å². The van der Waals surface area contributed by atoms with Crippen molar-refractivity contribution in [3.8, 4) is 5.75 Å². The quantitative estimate of drug-likeness (QED) is 0.792. The van der Waals surface area contributed by atoms with Crippen LogP contribution in [0.5, 0.6) is 5.75 Å². The zero-order valence-electron chi connectivity index (χ0n) is 9.03. The Morgan fingerprint density at radius 1 is 1.40 bits per heavy atom. The molecule has 2 nitrogen and oxygen atoms in total. The summed E-state index contributed by atoms with van der Waals surface area (Å²) in [5.41, 5.74) is 0. The van der Waals surface area contributed by atoms with Crippen LogP contribution in [0.3, 0.4) is 0 Å². The Morgan fingerprint density at radius 3 is 2.80 bits per heavy atom. The fraction of sp³-hybridized carbons (Fsp3) is 0.500. The Kier molecular flexibility index (Phi) is 3.92. The lowest BCUT2D eigenvalue weighted by atomic mass is 10.2. The van der Waals surface area contributed by atoms with Crippen LogP contribution >= 0.6 is 11.8 Å². The van der Waals surface area contributed by atoms with Crippen LogP contribution in [0.25, 0.3) is 0 Å². The third-order valence-electron chi connectivity index (χ3n) is 2.71. The molecule has 1 saturated heterocycles. The molecule has 0 aromatic heterocycles. The van der Waals surface area contributed by atoms with Gasteiger partial charge in [-0.1, -0.05) is 0 Å². The van der Waals surface area contributed by atoms with Gasteiger partial charge in [-0.25, -0.2) is 0 Å². The van der Waals surface area contributed by atoms with Crippen LogP contribution in [0, 0.1) is 5.92 Å². The number of hydrogen-bond donors (Lipinski definition) is 1. The van der Waals surface area contributed by atoms with Crippen molar-refractivity contribution in [2.45, 2.75) is 11.3 Å². The van der Waals surface area contributed by atoms with E-state index in [2.05, 4.69) is 17.4 Å². The second kappa shape index (κ2) is 5.42. The molecule has 1 unspecified atom stereocenters.